The van der Waals surface area contributed by atoms with Gasteiger partial charge in [0.25, 0.3) is 0 Å². The van der Waals surface area contributed by atoms with Gasteiger partial charge in [-0.25, -0.2) is 0 Å². The van der Waals surface area contributed by atoms with Crippen LogP contribution in [0.2, 0.25) is 0 Å². The van der Waals surface area contributed by atoms with E-state index in [4.69, 9.17) is 0 Å². The van der Waals surface area contributed by atoms with Crippen LogP contribution in [0.25, 0.3) is 0 Å². The van der Waals surface area contributed by atoms with Crippen molar-refractivity contribution < 1.29 is 15.0 Å². The van der Waals surface area contributed by atoms with Crippen LogP contribution in [-0.2, 0) is 6.42 Å². The summed E-state index contributed by atoms with van der Waals surface area (Å²) in [4.78, 5) is 12.0. The minimum atomic E-state index is -0.279. The number of aromatic hydroxyl groups is 2. The van der Waals surface area contributed by atoms with Crippen molar-refractivity contribution in [2.45, 2.75) is 19.4 Å². The Bertz CT molecular complexity index is 611. The molecule has 0 radical (unpaired) electrons. The van der Waals surface area contributed by atoms with Gasteiger partial charge >= 0.3 is 0 Å². The lowest BCUT2D eigenvalue weighted by Crippen LogP contribution is -2.33. The molecule has 0 amide bonds. The molecule has 4 heteroatoms. The number of phenols is 2. The quantitative estimate of drug-likeness (QED) is 0.563. The zero-order valence-corrected chi connectivity index (χ0v) is 11.9. The zero-order chi connectivity index (χ0) is 15.2. The molecule has 0 bridgehead atoms. The van der Waals surface area contributed by atoms with E-state index in [0.717, 1.165) is 6.42 Å². The first-order valence-corrected chi connectivity index (χ1v) is 6.88. The molecule has 2 aromatic carbocycles. The maximum atomic E-state index is 12.0. The molecule has 0 fully saturated rings. The number of phenolic OH excluding ortho intramolecular Hbond substituents is 2. The molecule has 0 aliphatic rings. The van der Waals surface area contributed by atoms with Crippen molar-refractivity contribution in [3.63, 3.8) is 0 Å². The smallest absolute Gasteiger partial charge is 0.176 e. The van der Waals surface area contributed by atoms with Crippen LogP contribution < -0.4 is 5.32 Å². The normalized spacial score (nSPS) is 12.0. The van der Waals surface area contributed by atoms with Crippen molar-refractivity contribution in [3.05, 3.63) is 59.7 Å². The molecule has 0 spiro atoms. The second-order valence-electron chi connectivity index (χ2n) is 5.10. The largest absolute Gasteiger partial charge is 0.504 e. The molecule has 2 aromatic rings. The van der Waals surface area contributed by atoms with Crippen LogP contribution in [0.3, 0.4) is 0 Å². The highest BCUT2D eigenvalue weighted by molar-refractivity contribution is 5.98. The zero-order valence-electron chi connectivity index (χ0n) is 11.9. The second-order valence-corrected chi connectivity index (χ2v) is 5.10. The Morgan fingerprint density at radius 2 is 1.81 bits per heavy atom. The predicted molar refractivity (Wildman–Crippen MR) is 81.7 cm³/mol. The number of Topliss-reactive ketones (excluding diaryl/α,β-unsaturated/α-hetero) is 1. The van der Waals surface area contributed by atoms with Gasteiger partial charge in [-0.1, -0.05) is 30.3 Å². The number of benzene rings is 2. The van der Waals surface area contributed by atoms with Crippen LogP contribution in [-0.4, -0.2) is 28.6 Å². The minimum Gasteiger partial charge on any atom is -0.504 e. The Kier molecular flexibility index (Phi) is 4.95. The van der Waals surface area contributed by atoms with Crippen molar-refractivity contribution in [1.29, 1.82) is 0 Å². The molecule has 110 valence electrons. The second kappa shape index (κ2) is 6.90. The summed E-state index contributed by atoms with van der Waals surface area (Å²) in [5.74, 6) is -0.625. The summed E-state index contributed by atoms with van der Waals surface area (Å²) >= 11 is 0. The van der Waals surface area contributed by atoms with E-state index in [0.29, 0.717) is 5.56 Å². The maximum Gasteiger partial charge on any atom is 0.176 e. The predicted octanol–water partition coefficient (Wildman–Crippen LogP) is 2.50. The Balaban J connectivity index is 1.87. The van der Waals surface area contributed by atoms with Crippen molar-refractivity contribution >= 4 is 5.78 Å². The van der Waals surface area contributed by atoms with E-state index in [1.165, 1.54) is 23.8 Å². The molecule has 2 rings (SSSR count). The molecule has 0 aliphatic carbocycles. The monoisotopic (exact) mass is 285 g/mol. The molecule has 1 unspecified atom stereocenters. The molecule has 21 heavy (non-hydrogen) atoms. The lowest BCUT2D eigenvalue weighted by molar-refractivity contribution is 0.0987. The van der Waals surface area contributed by atoms with Crippen LogP contribution in [0.4, 0.5) is 0 Å². The summed E-state index contributed by atoms with van der Waals surface area (Å²) in [6.07, 6.45) is 0.842. The molecule has 0 saturated heterocycles. The van der Waals surface area contributed by atoms with Gasteiger partial charge in [-0.15, -0.1) is 0 Å². The Morgan fingerprint density at radius 3 is 2.48 bits per heavy atom. The van der Waals surface area contributed by atoms with Crippen molar-refractivity contribution in [2.75, 3.05) is 6.54 Å². The Labute approximate surface area is 124 Å². The fourth-order valence-corrected chi connectivity index (χ4v) is 2.11. The van der Waals surface area contributed by atoms with Gasteiger partial charge < -0.3 is 15.5 Å². The lowest BCUT2D eigenvalue weighted by atomic mass is 10.1. The molecule has 3 N–H and O–H groups in total. The average Bonchev–Trinajstić information content (AvgIpc) is 2.48. The fraction of sp³-hybridized carbons (Fsp3) is 0.235. The number of carbonyl (C=O) groups is 1. The average molecular weight is 285 g/mol. The van der Waals surface area contributed by atoms with E-state index < -0.39 is 0 Å². The van der Waals surface area contributed by atoms with Crippen LogP contribution in [0.5, 0.6) is 11.5 Å². The van der Waals surface area contributed by atoms with E-state index >= 15 is 0 Å². The van der Waals surface area contributed by atoms with Gasteiger partial charge in [0.1, 0.15) is 0 Å². The highest BCUT2D eigenvalue weighted by Gasteiger charge is 2.10. The molecule has 0 heterocycles. The third-order valence-corrected chi connectivity index (χ3v) is 3.29. The molecule has 0 aromatic heterocycles. The van der Waals surface area contributed by atoms with E-state index in [1.54, 1.807) is 0 Å². The van der Waals surface area contributed by atoms with Gasteiger partial charge in [0.2, 0.25) is 0 Å². The number of ketones is 1. The summed E-state index contributed by atoms with van der Waals surface area (Å²) in [6, 6.07) is 14.3. The first-order valence-electron chi connectivity index (χ1n) is 6.88. The molecule has 1 atom stereocenters. The standard InChI is InChI=1S/C17H19NO3/c1-12(9-13-5-3-2-4-6-13)18-11-17(21)14-7-8-15(19)16(20)10-14/h2-8,10,12,18-20H,9,11H2,1H3. The molecular formula is C17H19NO3. The summed E-state index contributed by atoms with van der Waals surface area (Å²) in [6.45, 7) is 2.22. The summed E-state index contributed by atoms with van der Waals surface area (Å²) in [5, 5.41) is 21.8. The van der Waals surface area contributed by atoms with Crippen molar-refractivity contribution in [1.82, 2.24) is 5.32 Å². The highest BCUT2D eigenvalue weighted by Crippen LogP contribution is 2.24. The Morgan fingerprint density at radius 1 is 1.10 bits per heavy atom. The summed E-state index contributed by atoms with van der Waals surface area (Å²) < 4.78 is 0. The third kappa shape index (κ3) is 4.33. The van der Waals surface area contributed by atoms with E-state index in [2.05, 4.69) is 17.4 Å². The van der Waals surface area contributed by atoms with Crippen LogP contribution in [0.15, 0.2) is 48.5 Å². The fourth-order valence-electron chi connectivity index (χ4n) is 2.11. The van der Waals surface area contributed by atoms with Crippen molar-refractivity contribution in [2.24, 2.45) is 0 Å². The summed E-state index contributed by atoms with van der Waals surface area (Å²) in [5.41, 5.74) is 1.59. The van der Waals surface area contributed by atoms with Gasteiger partial charge in [-0.2, -0.15) is 0 Å². The molecular weight excluding hydrogens is 266 g/mol. The van der Waals surface area contributed by atoms with E-state index in [-0.39, 0.29) is 29.9 Å². The molecule has 0 saturated carbocycles. The van der Waals surface area contributed by atoms with Crippen LogP contribution >= 0.6 is 0 Å². The minimum absolute atomic E-state index is 0.120. The number of nitrogens with one attached hydrogen (secondary N) is 1. The number of hydrogen-bond donors (Lipinski definition) is 3. The lowest BCUT2D eigenvalue weighted by Gasteiger charge is -2.13. The number of hydrogen-bond acceptors (Lipinski definition) is 4. The van der Waals surface area contributed by atoms with Gasteiger partial charge in [-0.05, 0) is 37.1 Å². The molecule has 4 nitrogen and oxygen atoms in total. The van der Waals surface area contributed by atoms with E-state index in [1.807, 2.05) is 25.1 Å². The van der Waals surface area contributed by atoms with Gasteiger partial charge in [0.05, 0.1) is 6.54 Å². The van der Waals surface area contributed by atoms with Crippen molar-refractivity contribution in [3.8, 4) is 11.5 Å². The SMILES string of the molecule is CC(Cc1ccccc1)NCC(=O)c1ccc(O)c(O)c1. The van der Waals surface area contributed by atoms with Crippen LogP contribution in [0.1, 0.15) is 22.8 Å². The maximum absolute atomic E-state index is 12.0. The first kappa shape index (κ1) is 15.1. The molecule has 0 aliphatic heterocycles. The highest BCUT2D eigenvalue weighted by atomic mass is 16.3. The third-order valence-electron chi connectivity index (χ3n) is 3.29. The van der Waals surface area contributed by atoms with Crippen LogP contribution in [0, 0.1) is 0 Å². The topological polar surface area (TPSA) is 69.6 Å². The summed E-state index contributed by atoms with van der Waals surface area (Å²) in [7, 11) is 0. The van der Waals surface area contributed by atoms with E-state index in [9.17, 15) is 15.0 Å². The van der Waals surface area contributed by atoms with Gasteiger partial charge in [0, 0.05) is 11.6 Å². The first-order chi connectivity index (χ1) is 10.1. The van der Waals surface area contributed by atoms with Gasteiger partial charge in [-0.3, -0.25) is 4.79 Å². The Hall–Kier alpha value is -2.33. The number of carbonyl (C=O) groups excluding carboxylic acids is 1. The number of rotatable bonds is 6. The van der Waals surface area contributed by atoms with Gasteiger partial charge in [0.15, 0.2) is 17.3 Å².